The summed E-state index contributed by atoms with van der Waals surface area (Å²) < 4.78 is 28.0. The molecule has 2 rings (SSSR count). The fourth-order valence-corrected chi connectivity index (χ4v) is 2.70. The van der Waals surface area contributed by atoms with Crippen LogP contribution in [-0.2, 0) is 6.54 Å². The molecular formula is C13H17BrF2N2. The number of rotatable bonds is 3. The molecule has 1 saturated heterocycles. The highest BCUT2D eigenvalue weighted by molar-refractivity contribution is 9.10. The maximum atomic E-state index is 13.9. The molecule has 0 aromatic heterocycles. The van der Waals surface area contributed by atoms with Gasteiger partial charge in [0, 0.05) is 37.8 Å². The van der Waals surface area contributed by atoms with Gasteiger partial charge in [0.2, 0.25) is 0 Å². The Labute approximate surface area is 114 Å². The minimum atomic E-state index is -0.483. The summed E-state index contributed by atoms with van der Waals surface area (Å²) in [6, 6.07) is 3.06. The van der Waals surface area contributed by atoms with E-state index in [-0.39, 0.29) is 5.56 Å². The Morgan fingerprint density at radius 2 is 2.22 bits per heavy atom. The molecule has 1 N–H and O–H groups in total. The molecular weight excluding hydrogens is 302 g/mol. The van der Waals surface area contributed by atoms with E-state index >= 15 is 0 Å². The van der Waals surface area contributed by atoms with E-state index in [1.165, 1.54) is 12.1 Å². The van der Waals surface area contributed by atoms with E-state index < -0.39 is 11.6 Å². The van der Waals surface area contributed by atoms with Gasteiger partial charge >= 0.3 is 0 Å². The second-order valence-electron chi connectivity index (χ2n) is 4.56. The lowest BCUT2D eigenvalue weighted by atomic mass is 10.1. The highest BCUT2D eigenvalue weighted by Crippen LogP contribution is 2.24. The topological polar surface area (TPSA) is 15.3 Å². The summed E-state index contributed by atoms with van der Waals surface area (Å²) >= 11 is 3.10. The van der Waals surface area contributed by atoms with Gasteiger partial charge in [0.25, 0.3) is 0 Å². The Balaban J connectivity index is 2.20. The summed E-state index contributed by atoms with van der Waals surface area (Å²) in [7, 11) is 0. The lowest BCUT2D eigenvalue weighted by molar-refractivity contribution is 0.145. The van der Waals surface area contributed by atoms with Gasteiger partial charge in [0.05, 0.1) is 4.47 Å². The summed E-state index contributed by atoms with van der Waals surface area (Å²) in [5.74, 6) is -0.951. The first-order valence-electron chi connectivity index (χ1n) is 6.20. The predicted octanol–water partition coefficient (Wildman–Crippen LogP) is 2.91. The van der Waals surface area contributed by atoms with Crippen LogP contribution in [0.3, 0.4) is 0 Å². The van der Waals surface area contributed by atoms with Gasteiger partial charge in [-0.05, 0) is 34.5 Å². The van der Waals surface area contributed by atoms with E-state index in [0.29, 0.717) is 17.1 Å². The van der Waals surface area contributed by atoms with Gasteiger partial charge in [0.1, 0.15) is 11.6 Å². The lowest BCUT2D eigenvalue weighted by Gasteiger charge is -2.35. The van der Waals surface area contributed by atoms with Crippen LogP contribution in [0.25, 0.3) is 0 Å². The molecule has 18 heavy (non-hydrogen) atoms. The molecule has 0 bridgehead atoms. The molecule has 1 heterocycles. The summed E-state index contributed by atoms with van der Waals surface area (Å²) in [6.45, 7) is 5.00. The predicted molar refractivity (Wildman–Crippen MR) is 71.4 cm³/mol. The van der Waals surface area contributed by atoms with Gasteiger partial charge in [0.15, 0.2) is 0 Å². The molecule has 1 aliphatic heterocycles. The fourth-order valence-electron chi connectivity index (χ4n) is 2.33. The molecule has 100 valence electrons. The lowest BCUT2D eigenvalue weighted by Crippen LogP contribution is -2.50. The van der Waals surface area contributed by atoms with Crippen molar-refractivity contribution in [3.63, 3.8) is 0 Å². The molecule has 1 unspecified atom stereocenters. The molecule has 0 aliphatic carbocycles. The summed E-state index contributed by atoms with van der Waals surface area (Å²) in [6.07, 6.45) is 0.976. The fraction of sp³-hybridized carbons (Fsp3) is 0.538. The Bertz CT molecular complexity index is 426. The first-order valence-corrected chi connectivity index (χ1v) is 7.00. The minimum absolute atomic E-state index is 0.157. The van der Waals surface area contributed by atoms with Gasteiger partial charge in [-0.1, -0.05) is 6.92 Å². The highest BCUT2D eigenvalue weighted by atomic mass is 79.9. The van der Waals surface area contributed by atoms with Crippen molar-refractivity contribution in [3.8, 4) is 0 Å². The SMILES string of the molecule is CCC1CNCCN1Cc1c(F)ccc(Br)c1F. The van der Waals surface area contributed by atoms with Crippen molar-refractivity contribution in [2.75, 3.05) is 19.6 Å². The van der Waals surface area contributed by atoms with Gasteiger partial charge < -0.3 is 5.32 Å². The number of hydrogen-bond acceptors (Lipinski definition) is 2. The van der Waals surface area contributed by atoms with Crippen molar-refractivity contribution in [2.45, 2.75) is 25.9 Å². The van der Waals surface area contributed by atoms with E-state index in [9.17, 15) is 8.78 Å². The number of piperazine rings is 1. The normalized spacial score (nSPS) is 21.2. The van der Waals surface area contributed by atoms with Crippen LogP contribution in [0, 0.1) is 11.6 Å². The highest BCUT2D eigenvalue weighted by Gasteiger charge is 2.23. The average Bonchev–Trinajstić information content (AvgIpc) is 2.39. The van der Waals surface area contributed by atoms with E-state index in [4.69, 9.17) is 0 Å². The van der Waals surface area contributed by atoms with Crippen molar-refractivity contribution in [3.05, 3.63) is 33.8 Å². The number of hydrogen-bond donors (Lipinski definition) is 1. The number of halogens is 3. The van der Waals surface area contributed by atoms with Crippen molar-refractivity contribution >= 4 is 15.9 Å². The summed E-state index contributed by atoms with van der Waals surface area (Å²) in [5, 5.41) is 3.30. The molecule has 2 nitrogen and oxygen atoms in total. The van der Waals surface area contributed by atoms with Crippen molar-refractivity contribution in [1.29, 1.82) is 0 Å². The third-order valence-electron chi connectivity index (χ3n) is 3.44. The van der Waals surface area contributed by atoms with Gasteiger partial charge in [-0.15, -0.1) is 0 Å². The number of nitrogens with one attached hydrogen (secondary N) is 1. The third-order valence-corrected chi connectivity index (χ3v) is 4.06. The second-order valence-corrected chi connectivity index (χ2v) is 5.41. The third kappa shape index (κ3) is 2.90. The Kier molecular flexibility index (Phi) is 4.70. The zero-order valence-corrected chi connectivity index (χ0v) is 11.9. The first kappa shape index (κ1) is 13.9. The standard InChI is InChI=1S/C13H17BrF2N2/c1-2-9-7-17-5-6-18(9)8-10-12(15)4-3-11(14)13(10)16/h3-4,9,17H,2,5-8H2,1H3. The van der Waals surface area contributed by atoms with Crippen LogP contribution < -0.4 is 5.32 Å². The molecule has 0 radical (unpaired) electrons. The van der Waals surface area contributed by atoms with Gasteiger partial charge in [-0.3, -0.25) is 4.90 Å². The maximum absolute atomic E-state index is 13.9. The molecule has 1 aromatic rings. The summed E-state index contributed by atoms with van der Waals surface area (Å²) in [5.41, 5.74) is 0.157. The van der Waals surface area contributed by atoms with Crippen LogP contribution in [0.1, 0.15) is 18.9 Å². The monoisotopic (exact) mass is 318 g/mol. The largest absolute Gasteiger partial charge is 0.314 e. The number of nitrogens with zero attached hydrogens (tertiary/aromatic N) is 1. The van der Waals surface area contributed by atoms with Crippen molar-refractivity contribution in [2.24, 2.45) is 0 Å². The quantitative estimate of drug-likeness (QED) is 0.862. The van der Waals surface area contributed by atoms with Crippen LogP contribution in [0.4, 0.5) is 8.78 Å². The Hall–Kier alpha value is -0.520. The molecule has 5 heteroatoms. The van der Waals surface area contributed by atoms with E-state index in [1.54, 1.807) is 0 Å². The Morgan fingerprint density at radius 3 is 2.94 bits per heavy atom. The molecule has 1 aliphatic rings. The molecule has 0 saturated carbocycles. The van der Waals surface area contributed by atoms with Crippen LogP contribution in [-0.4, -0.2) is 30.6 Å². The van der Waals surface area contributed by atoms with Gasteiger partial charge in [-0.2, -0.15) is 0 Å². The molecule has 0 amide bonds. The number of benzene rings is 1. The van der Waals surface area contributed by atoms with Gasteiger partial charge in [-0.25, -0.2) is 8.78 Å². The second kappa shape index (κ2) is 6.08. The zero-order valence-electron chi connectivity index (χ0n) is 10.3. The summed E-state index contributed by atoms with van der Waals surface area (Å²) in [4.78, 5) is 2.14. The van der Waals surface area contributed by atoms with E-state index in [1.807, 2.05) is 0 Å². The molecule has 1 atom stereocenters. The minimum Gasteiger partial charge on any atom is -0.314 e. The van der Waals surface area contributed by atoms with Crippen molar-refractivity contribution < 1.29 is 8.78 Å². The molecule has 0 spiro atoms. The van der Waals surface area contributed by atoms with Crippen LogP contribution in [0.15, 0.2) is 16.6 Å². The maximum Gasteiger partial charge on any atom is 0.144 e. The van der Waals surface area contributed by atoms with Crippen molar-refractivity contribution in [1.82, 2.24) is 10.2 Å². The van der Waals surface area contributed by atoms with Crippen LogP contribution >= 0.6 is 15.9 Å². The van der Waals surface area contributed by atoms with E-state index in [0.717, 1.165) is 26.1 Å². The molecule has 1 aromatic carbocycles. The zero-order chi connectivity index (χ0) is 13.1. The smallest absolute Gasteiger partial charge is 0.144 e. The van der Waals surface area contributed by atoms with Crippen LogP contribution in [0.5, 0.6) is 0 Å². The average molecular weight is 319 g/mol. The molecule has 1 fully saturated rings. The first-order chi connectivity index (χ1) is 8.63. The Morgan fingerprint density at radius 1 is 1.44 bits per heavy atom. The van der Waals surface area contributed by atoms with Crippen LogP contribution in [0.2, 0.25) is 0 Å². The van der Waals surface area contributed by atoms with E-state index in [2.05, 4.69) is 33.1 Å².